The lowest BCUT2D eigenvalue weighted by atomic mass is 9.94. The van der Waals surface area contributed by atoms with Gasteiger partial charge in [-0.05, 0) is 75.1 Å². The van der Waals surface area contributed by atoms with E-state index in [-0.39, 0.29) is 0 Å². The van der Waals surface area contributed by atoms with Crippen LogP contribution >= 0.6 is 0 Å². The summed E-state index contributed by atoms with van der Waals surface area (Å²) in [6.45, 7) is 0. The third kappa shape index (κ3) is 4.53. The van der Waals surface area contributed by atoms with E-state index in [1.54, 1.807) is 0 Å². The molecule has 3 heterocycles. The first kappa shape index (κ1) is 28.7. The number of para-hydroxylation sites is 2. The number of hydrogen-bond acceptors (Lipinski definition) is 5. The predicted octanol–water partition coefficient (Wildman–Crippen LogP) is 12.6. The van der Waals surface area contributed by atoms with Crippen LogP contribution in [0.5, 0.6) is 0 Å². The summed E-state index contributed by atoms with van der Waals surface area (Å²) in [6, 6.07) is 56.4. The first-order valence-electron chi connectivity index (χ1n) is 17.3. The monoisotopic (exact) mass is 665 g/mol. The molecular formula is C47H27N3O2. The molecule has 0 aliphatic carbocycles. The number of hydrogen-bond donors (Lipinski definition) is 0. The maximum atomic E-state index is 6.56. The molecule has 52 heavy (non-hydrogen) atoms. The van der Waals surface area contributed by atoms with Gasteiger partial charge in [0.25, 0.3) is 0 Å². The summed E-state index contributed by atoms with van der Waals surface area (Å²) in [5, 5.41) is 8.96. The Bertz CT molecular complexity index is 3190. The number of furan rings is 2. The third-order valence-corrected chi connectivity index (χ3v) is 10.1. The Kier molecular flexibility index (Phi) is 6.18. The molecule has 0 aliphatic rings. The van der Waals surface area contributed by atoms with Gasteiger partial charge in [-0.15, -0.1) is 0 Å². The van der Waals surface area contributed by atoms with Crippen molar-refractivity contribution in [3.63, 3.8) is 0 Å². The van der Waals surface area contributed by atoms with Gasteiger partial charge in [0.2, 0.25) is 0 Å². The topological polar surface area (TPSA) is 65.0 Å². The van der Waals surface area contributed by atoms with Gasteiger partial charge in [0, 0.05) is 38.2 Å². The van der Waals surface area contributed by atoms with Crippen molar-refractivity contribution >= 4 is 65.4 Å². The van der Waals surface area contributed by atoms with Crippen molar-refractivity contribution in [1.29, 1.82) is 0 Å². The van der Waals surface area contributed by atoms with Crippen LogP contribution in [0, 0.1) is 0 Å². The second-order valence-corrected chi connectivity index (χ2v) is 13.2. The van der Waals surface area contributed by atoms with Crippen molar-refractivity contribution in [1.82, 2.24) is 15.0 Å². The van der Waals surface area contributed by atoms with Gasteiger partial charge >= 0.3 is 0 Å². The van der Waals surface area contributed by atoms with Crippen LogP contribution in [0.4, 0.5) is 0 Å². The highest BCUT2D eigenvalue weighted by atomic mass is 16.3. The number of aromatic nitrogens is 3. The number of rotatable bonds is 4. The Morgan fingerprint density at radius 2 is 0.885 bits per heavy atom. The second-order valence-electron chi connectivity index (χ2n) is 13.2. The van der Waals surface area contributed by atoms with Gasteiger partial charge in [-0.2, -0.15) is 0 Å². The zero-order valence-corrected chi connectivity index (χ0v) is 27.7. The summed E-state index contributed by atoms with van der Waals surface area (Å²) in [5.41, 5.74) is 7.96. The van der Waals surface area contributed by atoms with E-state index in [9.17, 15) is 0 Å². The number of nitrogens with zero attached hydrogens (tertiary/aromatic N) is 3. The standard InChI is InChI=1S/C47H27N3O2/c1-2-11-30(12-3-1)45-48-46(32-22-23-36-35-14-6-8-16-40(35)51-42(36)26-32)50-47(49-45)39-25-33(27-43-44(39)37-15-7-9-17-41(37)52-43)31-21-20-29-19-18-28-10-4-5-13-34(28)38(29)24-31/h1-27H. The van der Waals surface area contributed by atoms with E-state index in [0.29, 0.717) is 17.5 Å². The van der Waals surface area contributed by atoms with Crippen molar-refractivity contribution in [3.05, 3.63) is 164 Å². The highest BCUT2D eigenvalue weighted by Gasteiger charge is 2.20. The molecule has 0 atom stereocenters. The average Bonchev–Trinajstić information content (AvgIpc) is 3.78. The zero-order chi connectivity index (χ0) is 34.2. The van der Waals surface area contributed by atoms with Crippen molar-refractivity contribution in [3.8, 4) is 45.3 Å². The van der Waals surface area contributed by atoms with Crippen molar-refractivity contribution in [2.75, 3.05) is 0 Å². The molecule has 0 unspecified atom stereocenters. The molecule has 5 heteroatoms. The van der Waals surface area contributed by atoms with E-state index < -0.39 is 0 Å². The third-order valence-electron chi connectivity index (χ3n) is 10.1. The molecule has 0 saturated carbocycles. The first-order chi connectivity index (χ1) is 25.7. The molecule has 5 nitrogen and oxygen atoms in total. The summed E-state index contributed by atoms with van der Waals surface area (Å²) in [7, 11) is 0. The van der Waals surface area contributed by atoms with Gasteiger partial charge < -0.3 is 8.83 Å². The highest BCUT2D eigenvalue weighted by Crippen LogP contribution is 2.41. The molecule has 0 amide bonds. The van der Waals surface area contributed by atoms with Crippen LogP contribution in [0.25, 0.3) is 111 Å². The minimum absolute atomic E-state index is 0.565. The summed E-state index contributed by atoms with van der Waals surface area (Å²) in [5.74, 6) is 1.72. The molecule has 0 aliphatic heterocycles. The fourth-order valence-corrected chi connectivity index (χ4v) is 7.59. The normalized spacial score (nSPS) is 11.8. The molecule has 0 spiro atoms. The Morgan fingerprint density at radius 1 is 0.308 bits per heavy atom. The van der Waals surface area contributed by atoms with Crippen LogP contribution in [0.2, 0.25) is 0 Å². The molecule has 11 aromatic rings. The van der Waals surface area contributed by atoms with Crippen molar-refractivity contribution in [2.24, 2.45) is 0 Å². The molecule has 0 saturated heterocycles. The van der Waals surface area contributed by atoms with E-state index in [2.05, 4.69) is 91.0 Å². The van der Waals surface area contributed by atoms with E-state index in [1.807, 2.05) is 72.8 Å². The smallest absolute Gasteiger partial charge is 0.164 e. The molecule has 8 aromatic carbocycles. The summed E-state index contributed by atoms with van der Waals surface area (Å²) < 4.78 is 12.8. The van der Waals surface area contributed by atoms with Crippen LogP contribution in [-0.4, -0.2) is 15.0 Å². The lowest BCUT2D eigenvalue weighted by molar-refractivity contribution is 0.668. The minimum Gasteiger partial charge on any atom is -0.456 e. The fourth-order valence-electron chi connectivity index (χ4n) is 7.59. The van der Waals surface area contributed by atoms with Crippen LogP contribution in [0.15, 0.2) is 173 Å². The van der Waals surface area contributed by atoms with Crippen LogP contribution in [0.1, 0.15) is 0 Å². The Labute approximate surface area is 297 Å². The largest absolute Gasteiger partial charge is 0.456 e. The molecule has 3 aromatic heterocycles. The maximum absolute atomic E-state index is 6.56. The Balaban J connectivity index is 1.17. The molecule has 0 bridgehead atoms. The molecule has 0 radical (unpaired) electrons. The minimum atomic E-state index is 0.565. The lowest BCUT2D eigenvalue weighted by Crippen LogP contribution is -2.00. The van der Waals surface area contributed by atoms with E-state index in [0.717, 1.165) is 71.7 Å². The summed E-state index contributed by atoms with van der Waals surface area (Å²) >= 11 is 0. The van der Waals surface area contributed by atoms with E-state index >= 15 is 0 Å². The van der Waals surface area contributed by atoms with Gasteiger partial charge in [-0.25, -0.2) is 15.0 Å². The van der Waals surface area contributed by atoms with E-state index in [4.69, 9.17) is 23.8 Å². The predicted molar refractivity (Wildman–Crippen MR) is 211 cm³/mol. The molecular weight excluding hydrogens is 639 g/mol. The second kappa shape index (κ2) is 11.2. The van der Waals surface area contributed by atoms with Crippen LogP contribution < -0.4 is 0 Å². The number of fused-ring (bicyclic) bond motifs is 9. The summed E-state index contributed by atoms with van der Waals surface area (Å²) in [4.78, 5) is 15.4. The van der Waals surface area contributed by atoms with E-state index in [1.165, 1.54) is 21.5 Å². The quantitative estimate of drug-likeness (QED) is 0.175. The molecule has 242 valence electrons. The first-order valence-corrected chi connectivity index (χ1v) is 17.3. The average molecular weight is 666 g/mol. The maximum Gasteiger partial charge on any atom is 0.164 e. The van der Waals surface area contributed by atoms with Crippen LogP contribution in [0.3, 0.4) is 0 Å². The number of benzene rings is 8. The highest BCUT2D eigenvalue weighted by molar-refractivity contribution is 6.14. The van der Waals surface area contributed by atoms with Gasteiger partial charge in [0.1, 0.15) is 22.3 Å². The zero-order valence-electron chi connectivity index (χ0n) is 27.7. The van der Waals surface area contributed by atoms with Gasteiger partial charge in [0.15, 0.2) is 17.5 Å². The summed E-state index contributed by atoms with van der Waals surface area (Å²) in [6.07, 6.45) is 0. The van der Waals surface area contributed by atoms with Gasteiger partial charge in [-0.3, -0.25) is 0 Å². The Morgan fingerprint density at radius 3 is 1.73 bits per heavy atom. The molecule has 0 N–H and O–H groups in total. The molecule has 11 rings (SSSR count). The fraction of sp³-hybridized carbons (Fsp3) is 0. The van der Waals surface area contributed by atoms with Crippen LogP contribution in [-0.2, 0) is 0 Å². The lowest BCUT2D eigenvalue weighted by Gasteiger charge is -2.12. The van der Waals surface area contributed by atoms with Crippen molar-refractivity contribution in [2.45, 2.75) is 0 Å². The van der Waals surface area contributed by atoms with Gasteiger partial charge in [0.05, 0.1) is 0 Å². The molecule has 0 fully saturated rings. The van der Waals surface area contributed by atoms with Crippen molar-refractivity contribution < 1.29 is 8.83 Å². The van der Waals surface area contributed by atoms with Gasteiger partial charge in [-0.1, -0.05) is 121 Å². The SMILES string of the molecule is c1ccc(-c2nc(-c3ccc4c(c3)oc3ccccc34)nc(-c3cc(-c4ccc5ccc6ccccc6c5c4)cc4oc5ccccc5c34)n2)cc1. The Hall–Kier alpha value is -7.11.